The van der Waals surface area contributed by atoms with Gasteiger partial charge in [-0.05, 0) is 31.4 Å². The van der Waals surface area contributed by atoms with Crippen molar-refractivity contribution >= 4 is 41.5 Å². The second kappa shape index (κ2) is 8.87. The molecule has 0 spiro atoms. The Balaban J connectivity index is 0.00000264. The van der Waals surface area contributed by atoms with Crippen LogP contribution in [-0.4, -0.2) is 18.6 Å². The Morgan fingerprint density at radius 1 is 1.39 bits per heavy atom. The Morgan fingerprint density at radius 2 is 2.09 bits per heavy atom. The fraction of sp³-hybridized carbons (Fsp3) is 0.500. The molecule has 0 saturated heterocycles. The summed E-state index contributed by atoms with van der Waals surface area (Å²) in [5.41, 5.74) is 6.07. The van der Waals surface area contributed by atoms with Crippen LogP contribution in [0.5, 0.6) is 5.75 Å². The van der Waals surface area contributed by atoms with Crippen LogP contribution in [0.15, 0.2) is 12.1 Å². The number of halogens is 5. The smallest absolute Gasteiger partial charge is 0.387 e. The van der Waals surface area contributed by atoms with Gasteiger partial charge in [-0.15, -0.1) is 12.4 Å². The van der Waals surface area contributed by atoms with Gasteiger partial charge in [-0.25, -0.2) is 0 Å². The van der Waals surface area contributed by atoms with E-state index in [1.165, 1.54) is 12.1 Å². The van der Waals surface area contributed by atoms with Crippen LogP contribution in [0, 0.1) is 5.92 Å². The number of hydrogen-bond acceptors (Lipinski definition) is 3. The summed E-state index contributed by atoms with van der Waals surface area (Å²) in [5.74, 6) is -0.486. The van der Waals surface area contributed by atoms with Gasteiger partial charge in [-0.3, -0.25) is 4.79 Å². The van der Waals surface area contributed by atoms with E-state index in [0.717, 1.165) is 12.8 Å². The number of nitrogens with one attached hydrogen (secondary N) is 1. The Kier molecular flexibility index (Phi) is 7.80. The van der Waals surface area contributed by atoms with Crippen molar-refractivity contribution in [1.29, 1.82) is 0 Å². The minimum atomic E-state index is -3.01. The summed E-state index contributed by atoms with van der Waals surface area (Å²) in [6.45, 7) is -3.01. The maximum Gasteiger partial charge on any atom is 0.387 e. The zero-order chi connectivity index (χ0) is 16.3. The maximum atomic E-state index is 12.5. The number of carbonyl (C=O) groups excluding carboxylic acids is 1. The summed E-state index contributed by atoms with van der Waals surface area (Å²) in [5, 5.41) is 2.94. The molecule has 23 heavy (non-hydrogen) atoms. The van der Waals surface area contributed by atoms with Gasteiger partial charge in [0.15, 0.2) is 0 Å². The summed E-state index contributed by atoms with van der Waals surface area (Å²) in [4.78, 5) is 12.0. The molecule has 0 aliphatic heterocycles. The summed E-state index contributed by atoms with van der Waals surface area (Å²) in [7, 11) is 0. The number of benzene rings is 1. The Labute approximate surface area is 149 Å². The first-order valence-corrected chi connectivity index (χ1v) is 7.58. The lowest BCUT2D eigenvalue weighted by molar-refractivity contribution is -0.125. The predicted molar refractivity (Wildman–Crippen MR) is 87.5 cm³/mol. The molecule has 4 nitrogen and oxygen atoms in total. The maximum absolute atomic E-state index is 12.5. The lowest BCUT2D eigenvalue weighted by Crippen LogP contribution is -2.30. The monoisotopic (exact) mass is 388 g/mol. The number of rotatable bonds is 5. The van der Waals surface area contributed by atoms with Gasteiger partial charge in [0.25, 0.3) is 0 Å². The topological polar surface area (TPSA) is 64.4 Å². The quantitative estimate of drug-likeness (QED) is 0.806. The number of amides is 1. The number of nitrogens with two attached hydrogens (primary N) is 1. The molecule has 0 heterocycles. The number of carbonyl (C=O) groups is 1. The van der Waals surface area contributed by atoms with Gasteiger partial charge in [0.2, 0.25) is 5.91 Å². The highest BCUT2D eigenvalue weighted by Crippen LogP contribution is 2.33. The van der Waals surface area contributed by atoms with Crippen LogP contribution in [0.3, 0.4) is 0 Å². The first-order valence-electron chi connectivity index (χ1n) is 6.83. The highest BCUT2D eigenvalue weighted by atomic mass is 35.5. The van der Waals surface area contributed by atoms with Gasteiger partial charge in [0.05, 0.1) is 5.02 Å². The van der Waals surface area contributed by atoms with Crippen LogP contribution in [0.25, 0.3) is 0 Å². The van der Waals surface area contributed by atoms with Crippen molar-refractivity contribution in [3.05, 3.63) is 27.7 Å². The van der Waals surface area contributed by atoms with Crippen molar-refractivity contribution in [2.75, 3.05) is 0 Å². The van der Waals surface area contributed by atoms with Gasteiger partial charge >= 0.3 is 6.61 Å². The highest BCUT2D eigenvalue weighted by Gasteiger charge is 2.27. The van der Waals surface area contributed by atoms with E-state index in [2.05, 4.69) is 10.1 Å². The van der Waals surface area contributed by atoms with E-state index in [-0.39, 0.29) is 52.6 Å². The minimum Gasteiger partial charge on any atom is -0.433 e. The molecule has 1 aliphatic rings. The van der Waals surface area contributed by atoms with Crippen LogP contribution in [0.2, 0.25) is 10.0 Å². The second-order valence-electron chi connectivity index (χ2n) is 5.24. The highest BCUT2D eigenvalue weighted by molar-refractivity contribution is 6.35. The molecular weight excluding hydrogens is 373 g/mol. The molecule has 9 heteroatoms. The Hall–Kier alpha value is -0.820. The average Bonchev–Trinajstić information content (AvgIpc) is 2.86. The van der Waals surface area contributed by atoms with Crippen LogP contribution >= 0.6 is 35.6 Å². The molecule has 1 aromatic carbocycles. The van der Waals surface area contributed by atoms with E-state index in [4.69, 9.17) is 28.9 Å². The molecule has 1 aliphatic carbocycles. The molecule has 1 fully saturated rings. The molecule has 0 aromatic heterocycles. The third-order valence-electron chi connectivity index (χ3n) is 3.59. The largest absolute Gasteiger partial charge is 0.433 e. The zero-order valence-corrected chi connectivity index (χ0v) is 14.4. The van der Waals surface area contributed by atoms with Gasteiger partial charge in [0.1, 0.15) is 5.75 Å². The molecule has 1 amide bonds. The summed E-state index contributed by atoms with van der Waals surface area (Å²) < 4.78 is 29.3. The van der Waals surface area contributed by atoms with Crippen molar-refractivity contribution < 1.29 is 18.3 Å². The Morgan fingerprint density at radius 3 is 2.65 bits per heavy atom. The number of ether oxygens (including phenoxy) is 1. The van der Waals surface area contributed by atoms with Crippen molar-refractivity contribution in [2.24, 2.45) is 11.7 Å². The van der Waals surface area contributed by atoms with E-state index in [1.807, 2.05) is 0 Å². The lowest BCUT2D eigenvalue weighted by Gasteiger charge is -2.15. The van der Waals surface area contributed by atoms with Crippen LogP contribution in [0.1, 0.15) is 24.8 Å². The van der Waals surface area contributed by atoms with Crippen molar-refractivity contribution in [1.82, 2.24) is 5.32 Å². The van der Waals surface area contributed by atoms with E-state index in [9.17, 15) is 13.6 Å². The van der Waals surface area contributed by atoms with Gasteiger partial charge in [0, 0.05) is 29.1 Å². The first kappa shape index (κ1) is 20.2. The van der Waals surface area contributed by atoms with Crippen LogP contribution in [0.4, 0.5) is 8.78 Å². The molecule has 3 N–H and O–H groups in total. The van der Waals surface area contributed by atoms with Crippen molar-refractivity contribution in [3.8, 4) is 5.75 Å². The molecule has 2 atom stereocenters. The predicted octanol–water partition coefficient (Wildman–Crippen LogP) is 3.76. The van der Waals surface area contributed by atoms with Crippen molar-refractivity contribution in [3.63, 3.8) is 0 Å². The van der Waals surface area contributed by atoms with E-state index in [0.29, 0.717) is 12.0 Å². The summed E-state index contributed by atoms with van der Waals surface area (Å²) >= 11 is 11.7. The first-order chi connectivity index (χ1) is 10.4. The summed E-state index contributed by atoms with van der Waals surface area (Å²) in [6, 6.07) is 2.78. The van der Waals surface area contributed by atoms with Crippen molar-refractivity contribution in [2.45, 2.75) is 38.5 Å². The van der Waals surface area contributed by atoms with Crippen LogP contribution in [-0.2, 0) is 11.3 Å². The van der Waals surface area contributed by atoms with Gasteiger partial charge in [-0.2, -0.15) is 8.78 Å². The molecule has 130 valence electrons. The minimum absolute atomic E-state index is 0. The molecule has 1 aromatic rings. The lowest BCUT2D eigenvalue weighted by atomic mass is 10.1. The van der Waals surface area contributed by atoms with E-state index < -0.39 is 6.61 Å². The molecule has 2 unspecified atom stereocenters. The number of alkyl halides is 2. The zero-order valence-electron chi connectivity index (χ0n) is 12.0. The normalized spacial score (nSPS) is 20.3. The van der Waals surface area contributed by atoms with Gasteiger partial charge in [-0.1, -0.05) is 23.2 Å². The van der Waals surface area contributed by atoms with Crippen LogP contribution < -0.4 is 15.8 Å². The third-order valence-corrected chi connectivity index (χ3v) is 4.09. The summed E-state index contributed by atoms with van der Waals surface area (Å²) in [6.07, 6.45) is 2.16. The number of hydrogen-bond donors (Lipinski definition) is 2. The molecule has 0 radical (unpaired) electrons. The molecule has 2 rings (SSSR count). The van der Waals surface area contributed by atoms with E-state index >= 15 is 0 Å². The standard InChI is InChI=1S/C14H16Cl2F2N2O2.ClH/c15-9-3-8(12(11(16)5-9)22-14(17)18)6-20-13(21)7-1-2-10(19)4-7;/h3,5,7,10,14H,1-2,4,6,19H2,(H,20,21);1H. The average molecular weight is 390 g/mol. The fourth-order valence-electron chi connectivity index (χ4n) is 2.55. The molecule has 0 bridgehead atoms. The fourth-order valence-corrected chi connectivity index (χ4v) is 3.13. The second-order valence-corrected chi connectivity index (χ2v) is 6.09. The Bertz CT molecular complexity index is 561. The molecule has 1 saturated carbocycles. The van der Waals surface area contributed by atoms with Gasteiger partial charge < -0.3 is 15.8 Å². The van der Waals surface area contributed by atoms with E-state index in [1.54, 1.807) is 0 Å². The molecular formula is C14H17Cl3F2N2O2. The SMILES string of the molecule is Cl.NC1CCC(C(=O)NCc2cc(Cl)cc(Cl)c2OC(F)F)C1. The third kappa shape index (κ3) is 5.64.